The first-order valence-corrected chi connectivity index (χ1v) is 7.28. The average molecular weight is 329 g/mol. The van der Waals surface area contributed by atoms with E-state index in [0.29, 0.717) is 6.61 Å². The second-order valence-electron chi connectivity index (χ2n) is 4.90. The maximum absolute atomic E-state index is 12.3. The molecule has 0 bridgehead atoms. The lowest BCUT2D eigenvalue weighted by Crippen LogP contribution is -2.57. The molecule has 0 aromatic carbocycles. The molecule has 120 valence electrons. The van der Waals surface area contributed by atoms with Crippen molar-refractivity contribution in [2.75, 3.05) is 19.8 Å². The number of nitrogens with zero attached hydrogens (tertiary/aromatic N) is 1. The van der Waals surface area contributed by atoms with E-state index >= 15 is 0 Å². The van der Waals surface area contributed by atoms with E-state index in [9.17, 15) is 14.7 Å². The Morgan fingerprint density at radius 1 is 1.50 bits per heavy atom. The second-order valence-corrected chi connectivity index (χ2v) is 5.30. The van der Waals surface area contributed by atoms with E-state index in [2.05, 4.69) is 10.3 Å². The number of nitrogens with one attached hydrogen (secondary N) is 1. The third-order valence-electron chi connectivity index (χ3n) is 3.46. The van der Waals surface area contributed by atoms with E-state index in [1.807, 2.05) is 0 Å². The number of carboxylic acids is 1. The van der Waals surface area contributed by atoms with Gasteiger partial charge in [0.1, 0.15) is 10.6 Å². The number of carbonyl (C=O) groups is 2. The van der Waals surface area contributed by atoms with Gasteiger partial charge >= 0.3 is 5.97 Å². The Balaban J connectivity index is 2.17. The van der Waals surface area contributed by atoms with E-state index in [1.165, 1.54) is 12.3 Å². The number of pyridine rings is 1. The third kappa shape index (κ3) is 3.48. The molecule has 0 unspecified atom stereocenters. The van der Waals surface area contributed by atoms with Gasteiger partial charge in [-0.05, 0) is 13.0 Å². The number of rotatable bonds is 5. The maximum Gasteiger partial charge on any atom is 0.329 e. The lowest BCUT2D eigenvalue weighted by atomic mass is 9.90. The molecule has 2 rings (SSSR count). The highest BCUT2D eigenvalue weighted by molar-refractivity contribution is 6.32. The molecule has 1 saturated heterocycles. The Kier molecular flexibility index (Phi) is 5.20. The van der Waals surface area contributed by atoms with Gasteiger partial charge in [-0.25, -0.2) is 9.78 Å². The van der Waals surface area contributed by atoms with Crippen molar-refractivity contribution in [3.05, 3.63) is 22.8 Å². The molecule has 2 N–H and O–H groups in total. The Bertz CT molecular complexity index is 572. The normalized spacial score (nSPS) is 16.8. The monoisotopic (exact) mass is 328 g/mol. The summed E-state index contributed by atoms with van der Waals surface area (Å²) in [5.74, 6) is -1.38. The topological polar surface area (TPSA) is 97.8 Å². The van der Waals surface area contributed by atoms with E-state index in [-0.39, 0.29) is 42.5 Å². The fraction of sp³-hybridized carbons (Fsp3) is 0.500. The highest BCUT2D eigenvalue weighted by Gasteiger charge is 2.41. The molecule has 1 aromatic heterocycles. The van der Waals surface area contributed by atoms with Crippen LogP contribution in [-0.2, 0) is 9.53 Å². The summed E-state index contributed by atoms with van der Waals surface area (Å²) in [6.07, 6.45) is 1.74. The lowest BCUT2D eigenvalue weighted by molar-refractivity contribution is -0.148. The van der Waals surface area contributed by atoms with Gasteiger partial charge in [0.05, 0.1) is 12.2 Å². The molecule has 1 fully saturated rings. The Hall–Kier alpha value is -1.86. The van der Waals surface area contributed by atoms with Gasteiger partial charge in [-0.2, -0.15) is 0 Å². The van der Waals surface area contributed by atoms with Gasteiger partial charge in [-0.3, -0.25) is 4.79 Å². The highest BCUT2D eigenvalue weighted by atomic mass is 35.5. The second kappa shape index (κ2) is 6.93. The van der Waals surface area contributed by atoms with Crippen molar-refractivity contribution in [2.45, 2.75) is 25.3 Å². The predicted octanol–water partition coefficient (Wildman–Crippen LogP) is 1.50. The van der Waals surface area contributed by atoms with Gasteiger partial charge in [0, 0.05) is 32.3 Å². The molecule has 7 nitrogen and oxygen atoms in total. The number of hydrogen-bond acceptors (Lipinski definition) is 5. The Morgan fingerprint density at radius 3 is 2.73 bits per heavy atom. The summed E-state index contributed by atoms with van der Waals surface area (Å²) in [5.41, 5.74) is -1.14. The van der Waals surface area contributed by atoms with Crippen molar-refractivity contribution >= 4 is 23.5 Å². The number of aromatic nitrogens is 1. The molecule has 1 aromatic rings. The zero-order valence-corrected chi connectivity index (χ0v) is 12.9. The number of aliphatic carboxylic acids is 1. The van der Waals surface area contributed by atoms with Crippen LogP contribution in [0.5, 0.6) is 5.88 Å². The van der Waals surface area contributed by atoms with Crippen LogP contribution < -0.4 is 10.1 Å². The van der Waals surface area contributed by atoms with Gasteiger partial charge in [0.25, 0.3) is 5.91 Å². The van der Waals surface area contributed by atoms with Gasteiger partial charge in [0.15, 0.2) is 0 Å². The molecular weight excluding hydrogens is 312 g/mol. The number of amides is 1. The van der Waals surface area contributed by atoms with Crippen molar-refractivity contribution in [3.63, 3.8) is 0 Å². The van der Waals surface area contributed by atoms with Crippen molar-refractivity contribution in [3.8, 4) is 5.88 Å². The summed E-state index contributed by atoms with van der Waals surface area (Å²) in [5, 5.41) is 12.2. The van der Waals surface area contributed by atoms with E-state index < -0.39 is 17.4 Å². The van der Waals surface area contributed by atoms with Crippen molar-refractivity contribution in [1.29, 1.82) is 0 Å². The SMILES string of the molecule is CCOc1ncc(C(=O)NC2(C(=O)O)CCOCC2)cc1Cl. The summed E-state index contributed by atoms with van der Waals surface area (Å²) in [6.45, 7) is 2.77. The van der Waals surface area contributed by atoms with Crippen LogP contribution >= 0.6 is 11.6 Å². The van der Waals surface area contributed by atoms with Crippen LogP contribution in [0.3, 0.4) is 0 Å². The van der Waals surface area contributed by atoms with E-state index in [1.54, 1.807) is 6.92 Å². The first kappa shape index (κ1) is 16.5. The number of carboxylic acid groups (broad SMARTS) is 1. The van der Waals surface area contributed by atoms with Crippen LogP contribution in [0.2, 0.25) is 5.02 Å². The number of hydrogen-bond donors (Lipinski definition) is 2. The summed E-state index contributed by atoms with van der Waals surface area (Å²) in [6, 6.07) is 1.41. The number of halogens is 1. The van der Waals surface area contributed by atoms with E-state index in [0.717, 1.165) is 0 Å². The van der Waals surface area contributed by atoms with Crippen LogP contribution in [0.15, 0.2) is 12.3 Å². The molecule has 0 spiro atoms. The fourth-order valence-electron chi connectivity index (χ4n) is 2.19. The molecule has 1 aliphatic rings. The molecule has 2 heterocycles. The van der Waals surface area contributed by atoms with Crippen molar-refractivity contribution < 1.29 is 24.2 Å². The van der Waals surface area contributed by atoms with Gasteiger partial charge in [-0.1, -0.05) is 11.6 Å². The highest BCUT2D eigenvalue weighted by Crippen LogP contribution is 2.24. The summed E-state index contributed by atoms with van der Waals surface area (Å²) < 4.78 is 10.4. The summed E-state index contributed by atoms with van der Waals surface area (Å²) in [7, 11) is 0. The van der Waals surface area contributed by atoms with Gasteiger partial charge in [0.2, 0.25) is 5.88 Å². The van der Waals surface area contributed by atoms with Crippen molar-refractivity contribution in [1.82, 2.24) is 10.3 Å². The third-order valence-corrected chi connectivity index (χ3v) is 3.73. The number of carbonyl (C=O) groups excluding carboxylic acids is 1. The Labute approximate surface area is 132 Å². The summed E-state index contributed by atoms with van der Waals surface area (Å²) >= 11 is 5.99. The molecular formula is C14H17ClN2O5. The molecule has 8 heteroatoms. The zero-order valence-electron chi connectivity index (χ0n) is 12.1. The van der Waals surface area contributed by atoms with Crippen LogP contribution in [0.25, 0.3) is 0 Å². The molecule has 22 heavy (non-hydrogen) atoms. The molecule has 0 saturated carbocycles. The van der Waals surface area contributed by atoms with Crippen LogP contribution in [0, 0.1) is 0 Å². The minimum atomic E-state index is -1.32. The van der Waals surface area contributed by atoms with E-state index in [4.69, 9.17) is 21.1 Å². The molecule has 0 atom stereocenters. The summed E-state index contributed by atoms with van der Waals surface area (Å²) in [4.78, 5) is 27.8. The maximum atomic E-state index is 12.3. The minimum absolute atomic E-state index is 0.181. The molecule has 1 aliphatic heterocycles. The average Bonchev–Trinajstić information content (AvgIpc) is 2.50. The first-order valence-electron chi connectivity index (χ1n) is 6.90. The molecule has 1 amide bonds. The first-order chi connectivity index (χ1) is 10.5. The fourth-order valence-corrected chi connectivity index (χ4v) is 2.42. The lowest BCUT2D eigenvalue weighted by Gasteiger charge is -2.33. The molecule has 0 radical (unpaired) electrons. The standard InChI is InChI=1S/C14H17ClN2O5/c1-2-22-12-10(15)7-9(8-16-12)11(18)17-14(13(19)20)3-5-21-6-4-14/h7-8H,2-6H2,1H3,(H,17,18)(H,19,20). The Morgan fingerprint density at radius 2 is 2.18 bits per heavy atom. The molecule has 0 aliphatic carbocycles. The minimum Gasteiger partial charge on any atom is -0.480 e. The van der Waals surface area contributed by atoms with Crippen LogP contribution in [0.4, 0.5) is 0 Å². The van der Waals surface area contributed by atoms with Crippen LogP contribution in [0.1, 0.15) is 30.1 Å². The largest absolute Gasteiger partial charge is 0.480 e. The smallest absolute Gasteiger partial charge is 0.329 e. The quantitative estimate of drug-likeness (QED) is 0.850. The zero-order chi connectivity index (χ0) is 16.2. The van der Waals surface area contributed by atoms with Crippen molar-refractivity contribution in [2.24, 2.45) is 0 Å². The van der Waals surface area contributed by atoms with Crippen LogP contribution in [-0.4, -0.2) is 47.3 Å². The predicted molar refractivity (Wildman–Crippen MR) is 78.3 cm³/mol. The van der Waals surface area contributed by atoms with Gasteiger partial charge < -0.3 is 19.9 Å². The van der Waals surface area contributed by atoms with Gasteiger partial charge in [-0.15, -0.1) is 0 Å². The number of ether oxygens (including phenoxy) is 2.